The average molecular weight is 256 g/mol. The molecular formula is C12H18ClN3O. The molecule has 4 nitrogen and oxygen atoms in total. The third-order valence-electron chi connectivity index (χ3n) is 3.19. The first-order valence-corrected chi connectivity index (χ1v) is 6.38. The first-order chi connectivity index (χ1) is 8.22. The molecule has 1 fully saturated rings. The fraction of sp³-hybridized carbons (Fsp3) is 0.583. The molecule has 3 N–H and O–H groups in total. The molecule has 1 aromatic heterocycles. The van der Waals surface area contributed by atoms with Gasteiger partial charge in [-0.15, -0.1) is 0 Å². The summed E-state index contributed by atoms with van der Waals surface area (Å²) < 4.78 is 0. The van der Waals surface area contributed by atoms with Crippen LogP contribution in [-0.2, 0) is 0 Å². The number of aliphatic hydroxyl groups excluding tert-OH is 1. The van der Waals surface area contributed by atoms with Crippen LogP contribution in [-0.4, -0.2) is 29.3 Å². The molecule has 0 aliphatic carbocycles. The zero-order valence-electron chi connectivity index (χ0n) is 9.77. The Kier molecular flexibility index (Phi) is 4.07. The molecule has 17 heavy (non-hydrogen) atoms. The predicted molar refractivity (Wildman–Crippen MR) is 70.3 cm³/mol. The molecule has 2 rings (SSSR count). The van der Waals surface area contributed by atoms with E-state index in [1.807, 2.05) is 0 Å². The normalized spacial score (nSPS) is 19.9. The monoisotopic (exact) mass is 255 g/mol. The molecule has 0 amide bonds. The molecule has 1 unspecified atom stereocenters. The molecule has 1 aromatic rings. The fourth-order valence-electron chi connectivity index (χ4n) is 2.40. The van der Waals surface area contributed by atoms with Gasteiger partial charge in [-0.2, -0.15) is 0 Å². The molecule has 0 bridgehead atoms. The Labute approximate surface area is 106 Å². The SMILES string of the molecule is Nc1cnc(N2CCCC2CCCO)c(Cl)c1. The number of hydrogen-bond donors (Lipinski definition) is 2. The van der Waals surface area contributed by atoms with Gasteiger partial charge >= 0.3 is 0 Å². The highest BCUT2D eigenvalue weighted by Gasteiger charge is 2.26. The minimum Gasteiger partial charge on any atom is -0.397 e. The number of aliphatic hydroxyl groups is 1. The van der Waals surface area contributed by atoms with Gasteiger partial charge in [-0.25, -0.2) is 4.98 Å². The Morgan fingerprint density at radius 1 is 1.59 bits per heavy atom. The summed E-state index contributed by atoms with van der Waals surface area (Å²) >= 11 is 6.18. The van der Waals surface area contributed by atoms with E-state index in [2.05, 4.69) is 9.88 Å². The van der Waals surface area contributed by atoms with E-state index in [0.29, 0.717) is 16.8 Å². The largest absolute Gasteiger partial charge is 0.397 e. The van der Waals surface area contributed by atoms with Crippen LogP contribution in [0.1, 0.15) is 25.7 Å². The molecule has 1 aliphatic heterocycles. The van der Waals surface area contributed by atoms with E-state index >= 15 is 0 Å². The minimum atomic E-state index is 0.243. The summed E-state index contributed by atoms with van der Waals surface area (Å²) in [6.07, 6.45) is 5.75. The van der Waals surface area contributed by atoms with Crippen molar-refractivity contribution in [2.75, 3.05) is 23.8 Å². The number of nitrogen functional groups attached to an aromatic ring is 1. The summed E-state index contributed by atoms with van der Waals surface area (Å²) in [4.78, 5) is 6.56. The van der Waals surface area contributed by atoms with Crippen LogP contribution in [0, 0.1) is 0 Å². The van der Waals surface area contributed by atoms with Crippen LogP contribution in [0.4, 0.5) is 11.5 Å². The van der Waals surface area contributed by atoms with Gasteiger partial charge in [0.15, 0.2) is 0 Å². The summed E-state index contributed by atoms with van der Waals surface area (Å²) in [7, 11) is 0. The van der Waals surface area contributed by atoms with E-state index in [1.165, 1.54) is 0 Å². The van der Waals surface area contributed by atoms with Gasteiger partial charge in [0.2, 0.25) is 0 Å². The van der Waals surface area contributed by atoms with Crippen LogP contribution in [0.3, 0.4) is 0 Å². The molecule has 1 atom stereocenters. The molecule has 0 saturated carbocycles. The molecule has 1 saturated heterocycles. The summed E-state index contributed by atoms with van der Waals surface area (Å²) in [5.41, 5.74) is 6.23. The van der Waals surface area contributed by atoms with E-state index in [0.717, 1.165) is 38.0 Å². The fourth-order valence-corrected chi connectivity index (χ4v) is 2.68. The minimum absolute atomic E-state index is 0.243. The Bertz CT molecular complexity index is 386. The van der Waals surface area contributed by atoms with Crippen molar-refractivity contribution in [1.29, 1.82) is 0 Å². The van der Waals surface area contributed by atoms with Gasteiger partial charge in [-0.3, -0.25) is 0 Å². The van der Waals surface area contributed by atoms with Crippen molar-refractivity contribution >= 4 is 23.1 Å². The number of pyridine rings is 1. The van der Waals surface area contributed by atoms with Gasteiger partial charge in [0.1, 0.15) is 5.82 Å². The molecule has 2 heterocycles. The molecule has 0 aromatic carbocycles. The molecular weight excluding hydrogens is 238 g/mol. The van der Waals surface area contributed by atoms with Gasteiger partial charge in [0, 0.05) is 19.2 Å². The Hall–Kier alpha value is -1.00. The smallest absolute Gasteiger partial charge is 0.147 e. The number of hydrogen-bond acceptors (Lipinski definition) is 4. The molecule has 1 aliphatic rings. The Morgan fingerprint density at radius 3 is 3.12 bits per heavy atom. The zero-order valence-corrected chi connectivity index (χ0v) is 10.5. The lowest BCUT2D eigenvalue weighted by Gasteiger charge is -2.26. The molecule has 0 spiro atoms. The first kappa shape index (κ1) is 12.5. The van der Waals surface area contributed by atoms with E-state index < -0.39 is 0 Å². The lowest BCUT2D eigenvalue weighted by atomic mass is 10.1. The number of nitrogens with zero attached hydrogens (tertiary/aromatic N) is 2. The van der Waals surface area contributed by atoms with Crippen LogP contribution in [0.5, 0.6) is 0 Å². The third kappa shape index (κ3) is 2.82. The number of nitrogens with two attached hydrogens (primary N) is 1. The van der Waals surface area contributed by atoms with Crippen molar-refractivity contribution in [1.82, 2.24) is 4.98 Å². The van der Waals surface area contributed by atoms with Crippen LogP contribution in [0.25, 0.3) is 0 Å². The molecule has 94 valence electrons. The van der Waals surface area contributed by atoms with Crippen molar-refractivity contribution in [2.24, 2.45) is 0 Å². The highest BCUT2D eigenvalue weighted by atomic mass is 35.5. The lowest BCUT2D eigenvalue weighted by molar-refractivity contribution is 0.279. The van der Waals surface area contributed by atoms with Gasteiger partial charge in [-0.1, -0.05) is 11.6 Å². The lowest BCUT2D eigenvalue weighted by Crippen LogP contribution is -2.30. The first-order valence-electron chi connectivity index (χ1n) is 6.01. The van der Waals surface area contributed by atoms with Gasteiger partial charge in [0.25, 0.3) is 0 Å². The maximum atomic E-state index is 8.90. The van der Waals surface area contributed by atoms with Crippen molar-refractivity contribution in [3.63, 3.8) is 0 Å². The van der Waals surface area contributed by atoms with E-state index in [9.17, 15) is 0 Å². The highest BCUT2D eigenvalue weighted by molar-refractivity contribution is 6.33. The molecule has 0 radical (unpaired) electrons. The predicted octanol–water partition coefficient (Wildman–Crippen LogP) is 2.06. The van der Waals surface area contributed by atoms with Crippen molar-refractivity contribution in [3.8, 4) is 0 Å². The summed E-state index contributed by atoms with van der Waals surface area (Å²) in [6, 6.07) is 2.18. The van der Waals surface area contributed by atoms with E-state index in [-0.39, 0.29) is 6.61 Å². The highest BCUT2D eigenvalue weighted by Crippen LogP contribution is 2.32. The third-order valence-corrected chi connectivity index (χ3v) is 3.47. The summed E-state index contributed by atoms with van der Waals surface area (Å²) in [5, 5.41) is 9.51. The summed E-state index contributed by atoms with van der Waals surface area (Å²) in [5.74, 6) is 0.821. The van der Waals surface area contributed by atoms with Crippen LogP contribution in [0.2, 0.25) is 5.02 Å². The second-order valence-electron chi connectivity index (χ2n) is 4.43. The second-order valence-corrected chi connectivity index (χ2v) is 4.84. The van der Waals surface area contributed by atoms with E-state index in [4.69, 9.17) is 22.4 Å². The Balaban J connectivity index is 2.14. The van der Waals surface area contributed by atoms with Gasteiger partial charge in [-0.05, 0) is 31.7 Å². The van der Waals surface area contributed by atoms with E-state index in [1.54, 1.807) is 12.3 Å². The van der Waals surface area contributed by atoms with Crippen molar-refractivity contribution in [3.05, 3.63) is 17.3 Å². The number of rotatable bonds is 4. The van der Waals surface area contributed by atoms with Crippen molar-refractivity contribution in [2.45, 2.75) is 31.7 Å². The maximum Gasteiger partial charge on any atom is 0.147 e. The molecule has 5 heteroatoms. The van der Waals surface area contributed by atoms with Crippen LogP contribution in [0.15, 0.2) is 12.3 Å². The van der Waals surface area contributed by atoms with Gasteiger partial charge < -0.3 is 15.7 Å². The summed E-state index contributed by atoms with van der Waals surface area (Å²) in [6.45, 7) is 1.22. The zero-order chi connectivity index (χ0) is 12.3. The van der Waals surface area contributed by atoms with Gasteiger partial charge in [0.05, 0.1) is 16.9 Å². The number of aromatic nitrogens is 1. The maximum absolute atomic E-state index is 8.90. The van der Waals surface area contributed by atoms with Crippen LogP contribution < -0.4 is 10.6 Å². The standard InChI is InChI=1S/C12H18ClN3O/c13-11-7-9(14)8-15-12(11)16-5-1-3-10(16)4-2-6-17/h7-8,10,17H,1-6,14H2. The topological polar surface area (TPSA) is 62.4 Å². The van der Waals surface area contributed by atoms with Crippen molar-refractivity contribution < 1.29 is 5.11 Å². The Morgan fingerprint density at radius 2 is 2.41 bits per heavy atom. The number of halogens is 1. The van der Waals surface area contributed by atoms with Crippen LogP contribution >= 0.6 is 11.6 Å². The number of anilines is 2. The second kappa shape index (κ2) is 5.56. The quantitative estimate of drug-likeness (QED) is 0.865. The average Bonchev–Trinajstić information content (AvgIpc) is 2.74.